The Morgan fingerprint density at radius 2 is 1.25 bits per heavy atom. The molecule has 0 spiro atoms. The van der Waals surface area contributed by atoms with Crippen molar-refractivity contribution in [1.82, 2.24) is 0 Å². The Kier molecular flexibility index (Phi) is 319. The summed E-state index contributed by atoms with van der Waals surface area (Å²) >= 11 is 0. The van der Waals surface area contributed by atoms with E-state index in [1.165, 1.54) is 0 Å². The number of carbonyl (C=O) groups is 1. The summed E-state index contributed by atoms with van der Waals surface area (Å²) in [6.07, 6.45) is 0. The SMILES string of the molecule is C=O.[Fe].[Ni]. The van der Waals surface area contributed by atoms with E-state index in [4.69, 9.17) is 4.79 Å². The molecule has 1 nitrogen and oxygen atoms in total. The molecule has 0 radical (unpaired) electrons. The largest absolute Gasteiger partial charge is 0.307 e. The van der Waals surface area contributed by atoms with Crippen LogP contribution in [0.5, 0.6) is 0 Å². The Balaban J connectivity index is -0.00000000500. The molecule has 0 N–H and O–H groups in total. The summed E-state index contributed by atoms with van der Waals surface area (Å²) in [5.41, 5.74) is 0. The van der Waals surface area contributed by atoms with Crippen LogP contribution in [-0.4, -0.2) is 6.79 Å². The molecule has 0 bridgehead atoms. The van der Waals surface area contributed by atoms with Crippen LogP contribution in [0.15, 0.2) is 0 Å². The van der Waals surface area contributed by atoms with Gasteiger partial charge < -0.3 is 4.79 Å². The molecule has 0 aliphatic carbocycles. The van der Waals surface area contributed by atoms with Gasteiger partial charge in [0.05, 0.1) is 0 Å². The smallest absolute Gasteiger partial charge is 0.106 e. The van der Waals surface area contributed by atoms with E-state index in [0.717, 1.165) is 0 Å². The summed E-state index contributed by atoms with van der Waals surface area (Å²) in [7, 11) is 0. The predicted molar refractivity (Wildman–Crippen MR) is 7.12 cm³/mol. The number of carbonyl (C=O) groups excluding carboxylic acids is 1. The zero-order valence-corrected chi connectivity index (χ0v) is 3.88. The van der Waals surface area contributed by atoms with E-state index < -0.39 is 0 Å². The molecule has 30 valence electrons. The van der Waals surface area contributed by atoms with E-state index in [1.807, 2.05) is 6.79 Å². The second-order valence-electron chi connectivity index (χ2n) is 0. The van der Waals surface area contributed by atoms with E-state index in [0.29, 0.717) is 0 Å². The average molecular weight is 145 g/mol. The van der Waals surface area contributed by atoms with Crippen molar-refractivity contribution in [1.29, 1.82) is 0 Å². The van der Waals surface area contributed by atoms with E-state index >= 15 is 0 Å². The van der Waals surface area contributed by atoms with Gasteiger partial charge in [0.15, 0.2) is 0 Å². The molecule has 0 saturated heterocycles. The first kappa shape index (κ1) is 22.4. The summed E-state index contributed by atoms with van der Waals surface area (Å²) in [5.74, 6) is 0. The summed E-state index contributed by atoms with van der Waals surface area (Å²) in [6, 6.07) is 0. The first-order chi connectivity index (χ1) is 1.00. The first-order valence-corrected chi connectivity index (χ1v) is 0.289. The fourth-order valence-electron chi connectivity index (χ4n) is 0. The maximum absolute atomic E-state index is 8.00. The molecule has 4 heavy (non-hydrogen) atoms. The molecule has 0 aliphatic rings. The third kappa shape index (κ3) is 16.3. The molecule has 0 aromatic carbocycles. The molecule has 0 fully saturated rings. The van der Waals surface area contributed by atoms with E-state index in [2.05, 4.69) is 0 Å². The van der Waals surface area contributed by atoms with Crippen LogP contribution in [0.2, 0.25) is 0 Å². The molecule has 0 unspecified atom stereocenters. The molecule has 0 heterocycles. The Morgan fingerprint density at radius 1 is 1.25 bits per heavy atom. The number of hydrogen-bond acceptors (Lipinski definition) is 1. The van der Waals surface area contributed by atoms with Crippen molar-refractivity contribution >= 4 is 6.79 Å². The Hall–Kier alpha value is 0.683. The molecule has 0 atom stereocenters. The van der Waals surface area contributed by atoms with Crippen molar-refractivity contribution in [3.05, 3.63) is 0 Å². The summed E-state index contributed by atoms with van der Waals surface area (Å²) in [4.78, 5) is 8.00. The summed E-state index contributed by atoms with van der Waals surface area (Å²) < 4.78 is 0. The first-order valence-electron chi connectivity index (χ1n) is 0.289. The van der Waals surface area contributed by atoms with Crippen LogP contribution < -0.4 is 0 Å². The van der Waals surface area contributed by atoms with Crippen LogP contribution in [0.25, 0.3) is 0 Å². The number of hydrogen-bond donors (Lipinski definition) is 0. The van der Waals surface area contributed by atoms with Gasteiger partial charge in [-0.2, -0.15) is 0 Å². The normalized spacial score (nSPS) is 1.00. The van der Waals surface area contributed by atoms with Gasteiger partial charge >= 0.3 is 0 Å². The van der Waals surface area contributed by atoms with Crippen molar-refractivity contribution in [2.75, 3.05) is 0 Å². The van der Waals surface area contributed by atoms with Crippen molar-refractivity contribution in [3.63, 3.8) is 0 Å². The van der Waals surface area contributed by atoms with Crippen LogP contribution in [0.3, 0.4) is 0 Å². The van der Waals surface area contributed by atoms with Crippen LogP contribution >= 0.6 is 0 Å². The van der Waals surface area contributed by atoms with Gasteiger partial charge in [-0.05, 0) is 0 Å². The molecular weight excluding hydrogens is 143 g/mol. The van der Waals surface area contributed by atoms with Gasteiger partial charge in [0.1, 0.15) is 6.79 Å². The third-order valence-corrected chi connectivity index (χ3v) is 0. The molecule has 3 heteroatoms. The Bertz CT molecular complexity index is 8.00. The molecule has 0 aromatic heterocycles. The minimum atomic E-state index is 0. The Morgan fingerprint density at radius 3 is 1.25 bits per heavy atom. The van der Waals surface area contributed by atoms with Gasteiger partial charge in [-0.15, -0.1) is 0 Å². The van der Waals surface area contributed by atoms with Gasteiger partial charge in [0, 0.05) is 33.6 Å². The quantitative estimate of drug-likeness (QED) is 0.431. The predicted octanol–water partition coefficient (Wildman–Crippen LogP) is -0.190. The zero-order valence-electron chi connectivity index (χ0n) is 1.79. The monoisotopic (exact) mass is 144 g/mol. The Labute approximate surface area is 45.5 Å². The van der Waals surface area contributed by atoms with Crippen LogP contribution in [0, 0.1) is 0 Å². The van der Waals surface area contributed by atoms with Crippen LogP contribution in [0.1, 0.15) is 0 Å². The molecule has 0 aliphatic heterocycles. The third-order valence-electron chi connectivity index (χ3n) is 0. The maximum Gasteiger partial charge on any atom is 0.106 e. The molecule has 0 amide bonds. The number of rotatable bonds is 0. The van der Waals surface area contributed by atoms with Crippen LogP contribution in [-0.2, 0) is 38.4 Å². The van der Waals surface area contributed by atoms with E-state index in [9.17, 15) is 0 Å². The molecule has 0 rings (SSSR count). The van der Waals surface area contributed by atoms with E-state index in [-0.39, 0.29) is 33.6 Å². The standard InChI is InChI=1S/CH2O.Fe.Ni/c1-2;;/h1H2;;. The fourth-order valence-corrected chi connectivity index (χ4v) is 0. The maximum atomic E-state index is 8.00. The van der Waals surface area contributed by atoms with Gasteiger partial charge in [0.2, 0.25) is 0 Å². The molecular formula is CH2FeNiO. The molecule has 0 saturated carbocycles. The fraction of sp³-hybridized carbons (Fsp3) is 0. The summed E-state index contributed by atoms with van der Waals surface area (Å²) in [6.45, 7) is 2.00. The van der Waals surface area contributed by atoms with Crippen molar-refractivity contribution in [2.24, 2.45) is 0 Å². The second kappa shape index (κ2) is 56.8. The topological polar surface area (TPSA) is 17.1 Å². The van der Waals surface area contributed by atoms with Gasteiger partial charge in [0.25, 0.3) is 0 Å². The minimum absolute atomic E-state index is 0. The second-order valence-corrected chi connectivity index (χ2v) is 0. The molecule has 0 aromatic rings. The zero-order chi connectivity index (χ0) is 2.00. The van der Waals surface area contributed by atoms with Gasteiger partial charge in [-0.25, -0.2) is 0 Å². The van der Waals surface area contributed by atoms with Crippen LogP contribution in [0.4, 0.5) is 0 Å². The van der Waals surface area contributed by atoms with Gasteiger partial charge in [-0.1, -0.05) is 0 Å². The van der Waals surface area contributed by atoms with E-state index in [1.54, 1.807) is 0 Å². The van der Waals surface area contributed by atoms with Crippen molar-refractivity contribution in [3.8, 4) is 0 Å². The summed E-state index contributed by atoms with van der Waals surface area (Å²) in [5, 5.41) is 0. The van der Waals surface area contributed by atoms with Gasteiger partial charge in [-0.3, -0.25) is 0 Å². The average Bonchev–Trinajstić information content (AvgIpc) is 1.00. The minimum Gasteiger partial charge on any atom is -0.307 e. The van der Waals surface area contributed by atoms with Crippen molar-refractivity contribution < 1.29 is 38.4 Å². The van der Waals surface area contributed by atoms with Crippen molar-refractivity contribution in [2.45, 2.75) is 0 Å².